The molecule has 0 unspecified atom stereocenters. The quantitative estimate of drug-likeness (QED) is 0.778. The molecule has 0 saturated heterocycles. The summed E-state index contributed by atoms with van der Waals surface area (Å²) in [6.07, 6.45) is 0.727. The number of nitrogens with one attached hydrogen (secondary N) is 1. The molecule has 0 aliphatic carbocycles. The summed E-state index contributed by atoms with van der Waals surface area (Å²) in [6.45, 7) is 0. The smallest absolute Gasteiger partial charge is 0.259 e. The summed E-state index contributed by atoms with van der Waals surface area (Å²) in [5.74, 6) is 0.791. The van der Waals surface area contributed by atoms with E-state index in [9.17, 15) is 9.59 Å². The molecule has 0 atom stereocenters. The second-order valence-electron chi connectivity index (χ2n) is 3.93. The molecule has 4 nitrogen and oxygen atoms in total. The molecular formula is C14H9NO3. The van der Waals surface area contributed by atoms with Crippen LogP contribution in [0.5, 0.6) is 11.5 Å². The number of benzene rings is 2. The minimum atomic E-state index is -0.243. The standard InChI is InChI=1S/C14H9NO3/c16-8-9-5-6-13-11(7-9)15-14(17)10-3-1-2-4-12(10)18-13/h1-8H,(H,15,17). The van der Waals surface area contributed by atoms with Crippen LogP contribution in [0, 0.1) is 0 Å². The zero-order chi connectivity index (χ0) is 12.5. The first-order chi connectivity index (χ1) is 8.78. The summed E-state index contributed by atoms with van der Waals surface area (Å²) in [7, 11) is 0. The third-order valence-corrected chi connectivity index (χ3v) is 2.74. The van der Waals surface area contributed by atoms with Crippen molar-refractivity contribution in [3.63, 3.8) is 0 Å². The monoisotopic (exact) mass is 239 g/mol. The second-order valence-corrected chi connectivity index (χ2v) is 3.93. The van der Waals surface area contributed by atoms with E-state index in [1.54, 1.807) is 42.5 Å². The van der Waals surface area contributed by atoms with Crippen LogP contribution in [0.15, 0.2) is 42.5 Å². The molecule has 0 radical (unpaired) electrons. The molecule has 0 bridgehead atoms. The number of aldehydes is 1. The Kier molecular flexibility index (Phi) is 2.34. The molecule has 0 fully saturated rings. The van der Waals surface area contributed by atoms with Gasteiger partial charge in [-0.2, -0.15) is 0 Å². The maximum atomic E-state index is 12.0. The highest BCUT2D eigenvalue weighted by Gasteiger charge is 2.20. The van der Waals surface area contributed by atoms with Crippen molar-refractivity contribution in [2.75, 3.05) is 5.32 Å². The molecule has 0 spiro atoms. The lowest BCUT2D eigenvalue weighted by molar-refractivity contribution is 0.102. The first kappa shape index (κ1) is 10.5. The number of hydrogen-bond donors (Lipinski definition) is 1. The van der Waals surface area contributed by atoms with Crippen molar-refractivity contribution in [2.45, 2.75) is 0 Å². The summed E-state index contributed by atoms with van der Waals surface area (Å²) in [4.78, 5) is 22.7. The van der Waals surface area contributed by atoms with Crippen molar-refractivity contribution in [1.82, 2.24) is 0 Å². The molecule has 1 aliphatic heterocycles. The molecule has 0 saturated carbocycles. The van der Waals surface area contributed by atoms with Gasteiger partial charge in [0.15, 0.2) is 5.75 Å². The number of rotatable bonds is 1. The van der Waals surface area contributed by atoms with Crippen molar-refractivity contribution in [3.05, 3.63) is 53.6 Å². The zero-order valence-electron chi connectivity index (χ0n) is 9.34. The summed E-state index contributed by atoms with van der Waals surface area (Å²) < 4.78 is 5.67. The molecule has 1 N–H and O–H groups in total. The highest BCUT2D eigenvalue weighted by atomic mass is 16.5. The fraction of sp³-hybridized carbons (Fsp3) is 0. The van der Waals surface area contributed by atoms with Gasteiger partial charge < -0.3 is 10.1 Å². The highest BCUT2D eigenvalue weighted by Crippen LogP contribution is 2.35. The van der Waals surface area contributed by atoms with Gasteiger partial charge in [0.1, 0.15) is 12.0 Å². The number of anilines is 1. The Balaban J connectivity index is 2.14. The molecule has 1 aliphatic rings. The third kappa shape index (κ3) is 1.64. The van der Waals surface area contributed by atoms with E-state index in [4.69, 9.17) is 4.74 Å². The van der Waals surface area contributed by atoms with Crippen molar-refractivity contribution in [3.8, 4) is 11.5 Å². The molecule has 3 rings (SSSR count). The predicted molar refractivity (Wildman–Crippen MR) is 66.3 cm³/mol. The fourth-order valence-electron chi connectivity index (χ4n) is 1.86. The zero-order valence-corrected chi connectivity index (χ0v) is 9.34. The summed E-state index contributed by atoms with van der Waals surface area (Å²) in [6, 6.07) is 11.9. The largest absolute Gasteiger partial charge is 0.454 e. The van der Waals surface area contributed by atoms with Gasteiger partial charge in [-0.1, -0.05) is 12.1 Å². The Morgan fingerprint density at radius 3 is 2.72 bits per heavy atom. The molecule has 1 amide bonds. The number of carbonyl (C=O) groups excluding carboxylic acids is 2. The first-order valence-electron chi connectivity index (χ1n) is 5.45. The van der Waals surface area contributed by atoms with E-state index in [-0.39, 0.29) is 5.91 Å². The van der Waals surface area contributed by atoms with E-state index >= 15 is 0 Å². The molecule has 18 heavy (non-hydrogen) atoms. The average molecular weight is 239 g/mol. The number of amides is 1. The van der Waals surface area contributed by atoms with Gasteiger partial charge in [0, 0.05) is 5.56 Å². The van der Waals surface area contributed by atoms with Crippen molar-refractivity contribution in [1.29, 1.82) is 0 Å². The van der Waals surface area contributed by atoms with Crippen LogP contribution in [-0.2, 0) is 0 Å². The van der Waals surface area contributed by atoms with Gasteiger partial charge in [0.05, 0.1) is 11.3 Å². The molecule has 2 aromatic carbocycles. The molecular weight excluding hydrogens is 230 g/mol. The molecule has 0 aromatic heterocycles. The van der Waals surface area contributed by atoms with E-state index in [0.717, 1.165) is 6.29 Å². The van der Waals surface area contributed by atoms with Gasteiger partial charge in [-0.05, 0) is 30.3 Å². The number of ether oxygens (including phenoxy) is 1. The molecule has 1 heterocycles. The van der Waals surface area contributed by atoms with E-state index < -0.39 is 0 Å². The Labute approximate surface area is 103 Å². The normalized spacial score (nSPS) is 12.6. The van der Waals surface area contributed by atoms with Crippen LogP contribution in [0.2, 0.25) is 0 Å². The SMILES string of the molecule is O=Cc1ccc2c(c1)NC(=O)c1ccccc1O2. The van der Waals surface area contributed by atoms with Crippen LogP contribution in [0.4, 0.5) is 5.69 Å². The Morgan fingerprint density at radius 1 is 1.06 bits per heavy atom. The highest BCUT2D eigenvalue weighted by molar-refractivity contribution is 6.08. The van der Waals surface area contributed by atoms with Crippen LogP contribution in [0.1, 0.15) is 20.7 Å². The number of hydrogen-bond acceptors (Lipinski definition) is 3. The Morgan fingerprint density at radius 2 is 1.89 bits per heavy atom. The van der Waals surface area contributed by atoms with Crippen LogP contribution in [-0.4, -0.2) is 12.2 Å². The first-order valence-corrected chi connectivity index (χ1v) is 5.45. The van der Waals surface area contributed by atoms with Crippen LogP contribution in [0.3, 0.4) is 0 Å². The number of carbonyl (C=O) groups is 2. The maximum Gasteiger partial charge on any atom is 0.259 e. The van der Waals surface area contributed by atoms with Gasteiger partial charge in [-0.25, -0.2) is 0 Å². The van der Waals surface area contributed by atoms with Gasteiger partial charge in [-0.15, -0.1) is 0 Å². The molecule has 2 aromatic rings. The van der Waals surface area contributed by atoms with Gasteiger partial charge in [0.2, 0.25) is 0 Å². The maximum absolute atomic E-state index is 12.0. The van der Waals surface area contributed by atoms with E-state index in [2.05, 4.69) is 5.32 Å². The van der Waals surface area contributed by atoms with Crippen LogP contribution >= 0.6 is 0 Å². The summed E-state index contributed by atoms with van der Waals surface area (Å²) >= 11 is 0. The fourth-order valence-corrected chi connectivity index (χ4v) is 1.86. The lowest BCUT2D eigenvalue weighted by atomic mass is 10.2. The average Bonchev–Trinajstić information content (AvgIpc) is 2.54. The van der Waals surface area contributed by atoms with Crippen molar-refractivity contribution < 1.29 is 14.3 Å². The van der Waals surface area contributed by atoms with Crippen molar-refractivity contribution >= 4 is 17.9 Å². The van der Waals surface area contributed by atoms with Crippen LogP contribution < -0.4 is 10.1 Å². The van der Waals surface area contributed by atoms with Gasteiger partial charge in [0.25, 0.3) is 5.91 Å². The van der Waals surface area contributed by atoms with E-state index in [1.165, 1.54) is 0 Å². The van der Waals surface area contributed by atoms with Gasteiger partial charge >= 0.3 is 0 Å². The third-order valence-electron chi connectivity index (χ3n) is 2.74. The Hall–Kier alpha value is -2.62. The second kappa shape index (κ2) is 4.00. The molecule has 88 valence electrons. The number of para-hydroxylation sites is 1. The van der Waals surface area contributed by atoms with E-state index in [1.807, 2.05) is 0 Å². The lowest BCUT2D eigenvalue weighted by Gasteiger charge is -2.07. The van der Waals surface area contributed by atoms with Crippen molar-refractivity contribution in [2.24, 2.45) is 0 Å². The topological polar surface area (TPSA) is 55.4 Å². The predicted octanol–water partition coefficient (Wildman–Crippen LogP) is 2.86. The van der Waals surface area contributed by atoms with E-state index in [0.29, 0.717) is 28.3 Å². The summed E-state index contributed by atoms with van der Waals surface area (Å²) in [5, 5.41) is 2.73. The van der Waals surface area contributed by atoms with Crippen LogP contribution in [0.25, 0.3) is 0 Å². The lowest BCUT2D eigenvalue weighted by Crippen LogP contribution is -2.10. The molecule has 4 heteroatoms. The minimum absolute atomic E-state index is 0.243. The Bertz CT molecular complexity index is 649. The minimum Gasteiger partial charge on any atom is -0.454 e. The summed E-state index contributed by atoms with van der Waals surface area (Å²) in [5.41, 5.74) is 1.46. The van der Waals surface area contributed by atoms with Gasteiger partial charge in [-0.3, -0.25) is 9.59 Å². The number of fused-ring (bicyclic) bond motifs is 2.